The molecule has 0 spiro atoms. The molecule has 0 amide bonds. The minimum absolute atomic E-state index is 0.667. The summed E-state index contributed by atoms with van der Waals surface area (Å²) in [6, 6.07) is 3.78. The van der Waals surface area contributed by atoms with Crippen LogP contribution < -0.4 is 0 Å². The van der Waals surface area contributed by atoms with Crippen molar-refractivity contribution in [3.8, 4) is 0 Å². The maximum atomic E-state index is 10.9. The van der Waals surface area contributed by atoms with E-state index in [1.54, 1.807) is 6.08 Å². The van der Waals surface area contributed by atoms with Gasteiger partial charge in [0, 0.05) is 10.0 Å². The van der Waals surface area contributed by atoms with E-state index in [1.165, 1.54) is 0 Å². The van der Waals surface area contributed by atoms with Crippen molar-refractivity contribution in [1.29, 1.82) is 0 Å². The highest BCUT2D eigenvalue weighted by molar-refractivity contribution is 9.10. The predicted octanol–water partition coefficient (Wildman–Crippen LogP) is 3.94. The zero-order chi connectivity index (χ0) is 10.6. The molecule has 0 N–H and O–H groups in total. The Kier molecular flexibility index (Phi) is 3.84. The molecule has 0 aromatic heterocycles. The van der Waals surface area contributed by atoms with Gasteiger partial charge in [-0.3, -0.25) is 4.79 Å². The number of carbonyl (C=O) groups is 1. The molecule has 1 rings (SSSR count). The van der Waals surface area contributed by atoms with Crippen LogP contribution in [0.15, 0.2) is 29.3 Å². The third-order valence-corrected chi connectivity index (χ3v) is 2.63. The van der Waals surface area contributed by atoms with Gasteiger partial charge in [-0.2, -0.15) is 0 Å². The van der Waals surface area contributed by atoms with Crippen LogP contribution in [0.4, 0.5) is 0 Å². The highest BCUT2D eigenvalue weighted by Crippen LogP contribution is 2.24. The highest BCUT2D eigenvalue weighted by atomic mass is 79.9. The second kappa shape index (κ2) is 4.91. The lowest BCUT2D eigenvalue weighted by atomic mass is 10.0. The summed E-state index contributed by atoms with van der Waals surface area (Å²) in [5, 5.41) is 0. The molecule has 0 aliphatic heterocycles. The van der Waals surface area contributed by atoms with E-state index >= 15 is 0 Å². The van der Waals surface area contributed by atoms with Gasteiger partial charge in [0.05, 0.1) is 0 Å². The van der Waals surface area contributed by atoms with E-state index in [-0.39, 0.29) is 0 Å². The monoisotopic (exact) mass is 250 g/mol. The number of carbonyl (C=O) groups excluding carboxylic acids is 1. The van der Waals surface area contributed by atoms with E-state index in [4.69, 9.17) is 0 Å². The number of allylic oxidation sites excluding steroid dienone is 1. The Morgan fingerprint density at radius 2 is 2.07 bits per heavy atom. The maximum absolute atomic E-state index is 10.9. The normalized spacial score (nSPS) is 10.4. The van der Waals surface area contributed by atoms with Crippen molar-refractivity contribution in [2.24, 2.45) is 0 Å². The van der Waals surface area contributed by atoms with Crippen LogP contribution in [-0.2, 0) is 0 Å². The van der Waals surface area contributed by atoms with Crippen LogP contribution in [0.2, 0.25) is 0 Å². The molecule has 0 saturated heterocycles. The van der Waals surface area contributed by atoms with Gasteiger partial charge in [0.25, 0.3) is 0 Å². The van der Waals surface area contributed by atoms with Gasteiger partial charge >= 0.3 is 0 Å². The van der Waals surface area contributed by atoms with Crippen molar-refractivity contribution in [3.05, 3.63) is 46.0 Å². The fraction of sp³-hybridized carbons (Fsp3) is 0.0833. The molecule has 0 saturated carbocycles. The van der Waals surface area contributed by atoms with Crippen molar-refractivity contribution in [2.45, 2.75) is 6.92 Å². The quantitative estimate of drug-likeness (QED) is 0.743. The lowest BCUT2D eigenvalue weighted by Gasteiger charge is -2.06. The van der Waals surface area contributed by atoms with Crippen molar-refractivity contribution in [1.82, 2.24) is 0 Å². The van der Waals surface area contributed by atoms with E-state index in [1.807, 2.05) is 31.2 Å². The molecule has 14 heavy (non-hydrogen) atoms. The van der Waals surface area contributed by atoms with Crippen molar-refractivity contribution < 1.29 is 4.79 Å². The fourth-order valence-electron chi connectivity index (χ4n) is 1.28. The fourth-order valence-corrected chi connectivity index (χ4v) is 1.72. The number of aldehydes is 1. The smallest absolute Gasteiger partial charge is 0.151 e. The van der Waals surface area contributed by atoms with Crippen LogP contribution in [0.3, 0.4) is 0 Å². The van der Waals surface area contributed by atoms with Gasteiger partial charge in [-0.1, -0.05) is 46.8 Å². The molecule has 0 atom stereocenters. The average Bonchev–Trinajstić information content (AvgIpc) is 2.19. The van der Waals surface area contributed by atoms with Crippen LogP contribution in [0.1, 0.15) is 28.4 Å². The molecular formula is C12H11BrO. The Bertz CT molecular complexity index is 392. The lowest BCUT2D eigenvalue weighted by Crippen LogP contribution is -1.91. The molecule has 0 unspecified atom stereocenters. The Labute approximate surface area is 92.3 Å². The first-order valence-corrected chi connectivity index (χ1v) is 5.06. The van der Waals surface area contributed by atoms with Crippen LogP contribution in [0, 0.1) is 0 Å². The molecule has 1 aromatic carbocycles. The topological polar surface area (TPSA) is 17.1 Å². The first-order valence-electron chi connectivity index (χ1n) is 4.27. The SMILES string of the molecule is C=Cc1ccc(Br)c(C=O)c1/C=C\C. The molecular weight excluding hydrogens is 240 g/mol. The zero-order valence-electron chi connectivity index (χ0n) is 7.96. The van der Waals surface area contributed by atoms with Gasteiger partial charge < -0.3 is 0 Å². The van der Waals surface area contributed by atoms with Crippen LogP contribution >= 0.6 is 15.9 Å². The van der Waals surface area contributed by atoms with Crippen molar-refractivity contribution in [3.63, 3.8) is 0 Å². The molecule has 1 nitrogen and oxygen atoms in total. The summed E-state index contributed by atoms with van der Waals surface area (Å²) in [6.07, 6.45) is 6.41. The van der Waals surface area contributed by atoms with E-state index in [9.17, 15) is 4.79 Å². The van der Waals surface area contributed by atoms with E-state index in [2.05, 4.69) is 22.5 Å². The van der Waals surface area contributed by atoms with Gasteiger partial charge in [0.15, 0.2) is 6.29 Å². The summed E-state index contributed by atoms with van der Waals surface area (Å²) in [5.74, 6) is 0. The molecule has 0 bridgehead atoms. The zero-order valence-corrected chi connectivity index (χ0v) is 9.54. The van der Waals surface area contributed by atoms with Crippen LogP contribution in [0.25, 0.3) is 12.2 Å². The summed E-state index contributed by atoms with van der Waals surface area (Å²) < 4.78 is 0.811. The Morgan fingerprint density at radius 1 is 1.36 bits per heavy atom. The largest absolute Gasteiger partial charge is 0.298 e. The molecule has 0 heterocycles. The molecule has 2 heteroatoms. The average molecular weight is 251 g/mol. The van der Waals surface area contributed by atoms with Gasteiger partial charge in [-0.25, -0.2) is 0 Å². The number of benzene rings is 1. The first kappa shape index (κ1) is 10.9. The highest BCUT2D eigenvalue weighted by Gasteiger charge is 2.06. The summed E-state index contributed by atoms with van der Waals surface area (Å²) in [6.45, 7) is 5.63. The Balaban J connectivity index is 3.50. The minimum Gasteiger partial charge on any atom is -0.298 e. The van der Waals surface area contributed by atoms with Crippen molar-refractivity contribution >= 4 is 34.4 Å². The molecule has 0 aliphatic carbocycles. The summed E-state index contributed by atoms with van der Waals surface area (Å²) in [7, 11) is 0. The molecule has 72 valence electrons. The maximum Gasteiger partial charge on any atom is 0.151 e. The molecule has 1 aromatic rings. The van der Waals surface area contributed by atoms with E-state index in [0.717, 1.165) is 21.9 Å². The second-order valence-electron chi connectivity index (χ2n) is 2.79. The van der Waals surface area contributed by atoms with Crippen LogP contribution in [-0.4, -0.2) is 6.29 Å². The standard InChI is InChI=1S/C12H11BrO/c1-3-5-10-9(4-2)6-7-12(13)11(10)8-14/h3-8H,2H2,1H3/b5-3-. The number of hydrogen-bond acceptors (Lipinski definition) is 1. The lowest BCUT2D eigenvalue weighted by molar-refractivity contribution is 0.112. The van der Waals surface area contributed by atoms with E-state index < -0.39 is 0 Å². The van der Waals surface area contributed by atoms with Gasteiger partial charge in [0.2, 0.25) is 0 Å². The third-order valence-electron chi connectivity index (χ3n) is 1.94. The first-order chi connectivity index (χ1) is 6.74. The van der Waals surface area contributed by atoms with Crippen LogP contribution in [0.5, 0.6) is 0 Å². The van der Waals surface area contributed by atoms with Crippen molar-refractivity contribution in [2.75, 3.05) is 0 Å². The van der Waals surface area contributed by atoms with Gasteiger partial charge in [-0.05, 0) is 24.1 Å². The number of halogens is 1. The number of rotatable bonds is 3. The van der Waals surface area contributed by atoms with Gasteiger partial charge in [0.1, 0.15) is 0 Å². The minimum atomic E-state index is 0.667. The summed E-state index contributed by atoms with van der Waals surface area (Å²) >= 11 is 3.34. The molecule has 0 fully saturated rings. The van der Waals surface area contributed by atoms with Gasteiger partial charge in [-0.15, -0.1) is 0 Å². The Morgan fingerprint density at radius 3 is 2.57 bits per heavy atom. The summed E-state index contributed by atoms with van der Waals surface area (Å²) in [5.41, 5.74) is 2.54. The second-order valence-corrected chi connectivity index (χ2v) is 3.64. The summed E-state index contributed by atoms with van der Waals surface area (Å²) in [4.78, 5) is 10.9. The number of hydrogen-bond donors (Lipinski definition) is 0. The third kappa shape index (κ3) is 2.02. The Hall–Kier alpha value is -1.15. The predicted molar refractivity (Wildman–Crippen MR) is 64.3 cm³/mol. The molecule has 0 radical (unpaired) electrons. The van der Waals surface area contributed by atoms with E-state index in [0.29, 0.717) is 5.56 Å². The molecule has 0 aliphatic rings.